The number of benzene rings is 2. The molecule has 0 saturated heterocycles. The summed E-state index contributed by atoms with van der Waals surface area (Å²) in [6, 6.07) is 19.6. The van der Waals surface area contributed by atoms with Crippen molar-refractivity contribution in [3.05, 3.63) is 78.8 Å². The second-order valence-electron chi connectivity index (χ2n) is 7.17. The van der Waals surface area contributed by atoms with E-state index in [2.05, 4.69) is 44.7 Å². The van der Waals surface area contributed by atoms with Gasteiger partial charge in [-0.1, -0.05) is 42.1 Å². The fourth-order valence-corrected chi connectivity index (χ4v) is 3.81. The van der Waals surface area contributed by atoms with Crippen LogP contribution >= 0.6 is 11.8 Å². The number of carbonyl (C=O) groups is 1. The van der Waals surface area contributed by atoms with E-state index in [9.17, 15) is 4.79 Å². The molecule has 0 radical (unpaired) electrons. The van der Waals surface area contributed by atoms with Crippen molar-refractivity contribution < 1.29 is 9.21 Å². The first-order valence-corrected chi connectivity index (χ1v) is 10.8. The van der Waals surface area contributed by atoms with Crippen molar-refractivity contribution >= 4 is 29.0 Å². The number of nitrogens with zero attached hydrogens (tertiary/aromatic N) is 4. The van der Waals surface area contributed by atoms with Gasteiger partial charge in [0.05, 0.1) is 24.1 Å². The van der Waals surface area contributed by atoms with Crippen LogP contribution in [0.15, 0.2) is 82.8 Å². The minimum Gasteiger partial charge on any atom is -0.472 e. The highest BCUT2D eigenvalue weighted by molar-refractivity contribution is 7.99. The zero-order valence-electron chi connectivity index (χ0n) is 17.4. The van der Waals surface area contributed by atoms with Crippen molar-refractivity contribution in [1.82, 2.24) is 14.8 Å². The Bertz CT molecular complexity index is 1120. The number of nitrogens with one attached hydrogen (secondary N) is 1. The number of anilines is 2. The molecule has 8 heteroatoms. The van der Waals surface area contributed by atoms with Crippen LogP contribution in [0.25, 0.3) is 11.4 Å². The lowest BCUT2D eigenvalue weighted by atomic mass is 10.2. The topological polar surface area (TPSA) is 76.2 Å². The normalized spacial score (nSPS) is 10.8. The Balaban J connectivity index is 1.52. The fraction of sp³-hybridized carbons (Fsp3) is 0.174. The van der Waals surface area contributed by atoms with Crippen molar-refractivity contribution in [2.75, 3.05) is 30.1 Å². The monoisotopic (exact) mass is 433 g/mol. The van der Waals surface area contributed by atoms with Crippen LogP contribution in [-0.2, 0) is 11.3 Å². The summed E-state index contributed by atoms with van der Waals surface area (Å²) >= 11 is 1.36. The molecule has 31 heavy (non-hydrogen) atoms. The Kier molecular flexibility index (Phi) is 6.37. The Morgan fingerprint density at radius 3 is 2.52 bits per heavy atom. The number of aromatic nitrogens is 3. The molecule has 2 aromatic carbocycles. The second-order valence-corrected chi connectivity index (χ2v) is 8.11. The van der Waals surface area contributed by atoms with Gasteiger partial charge in [-0.2, -0.15) is 0 Å². The molecular formula is C23H23N5O2S. The summed E-state index contributed by atoms with van der Waals surface area (Å²) in [7, 11) is 4.03. The zero-order chi connectivity index (χ0) is 21.6. The summed E-state index contributed by atoms with van der Waals surface area (Å²) < 4.78 is 7.24. The van der Waals surface area contributed by atoms with E-state index in [4.69, 9.17) is 4.42 Å². The molecule has 0 atom stereocenters. The van der Waals surface area contributed by atoms with E-state index >= 15 is 0 Å². The predicted octanol–water partition coefficient (Wildman–Crippen LogP) is 4.38. The van der Waals surface area contributed by atoms with Gasteiger partial charge in [0.25, 0.3) is 0 Å². The zero-order valence-corrected chi connectivity index (χ0v) is 18.2. The molecule has 0 aliphatic heterocycles. The minimum atomic E-state index is -0.0917. The number of furan rings is 1. The molecule has 158 valence electrons. The third kappa shape index (κ3) is 5.16. The van der Waals surface area contributed by atoms with Gasteiger partial charge < -0.3 is 14.6 Å². The van der Waals surface area contributed by atoms with Crippen molar-refractivity contribution in [3.8, 4) is 11.4 Å². The summed E-state index contributed by atoms with van der Waals surface area (Å²) in [5.74, 6) is 0.847. The summed E-state index contributed by atoms with van der Waals surface area (Å²) in [4.78, 5) is 14.4. The van der Waals surface area contributed by atoms with Gasteiger partial charge in [0.1, 0.15) is 6.26 Å². The maximum atomic E-state index is 12.4. The molecule has 0 unspecified atom stereocenters. The van der Waals surface area contributed by atoms with Crippen LogP contribution in [-0.4, -0.2) is 40.5 Å². The highest BCUT2D eigenvalue weighted by Gasteiger charge is 2.17. The van der Waals surface area contributed by atoms with E-state index in [-0.39, 0.29) is 11.7 Å². The van der Waals surface area contributed by atoms with Gasteiger partial charge in [-0.15, -0.1) is 10.2 Å². The first-order valence-electron chi connectivity index (χ1n) is 9.80. The summed E-state index contributed by atoms with van der Waals surface area (Å²) in [6.45, 7) is 0.587. The molecular weight excluding hydrogens is 410 g/mol. The first-order chi connectivity index (χ1) is 15.1. The molecule has 0 spiro atoms. The third-order valence-corrected chi connectivity index (χ3v) is 5.65. The quantitative estimate of drug-likeness (QED) is 0.416. The second kappa shape index (κ2) is 9.53. The number of hydrogen-bond donors (Lipinski definition) is 1. The van der Waals surface area contributed by atoms with Crippen LogP contribution < -0.4 is 10.2 Å². The van der Waals surface area contributed by atoms with Crippen molar-refractivity contribution in [2.24, 2.45) is 0 Å². The number of hydrogen-bond acceptors (Lipinski definition) is 6. The van der Waals surface area contributed by atoms with Crippen LogP contribution in [0, 0.1) is 0 Å². The van der Waals surface area contributed by atoms with Crippen molar-refractivity contribution in [1.29, 1.82) is 0 Å². The molecule has 0 bridgehead atoms. The van der Waals surface area contributed by atoms with Gasteiger partial charge in [0, 0.05) is 25.5 Å². The molecule has 0 saturated carbocycles. The molecule has 4 aromatic rings. The van der Waals surface area contributed by atoms with E-state index in [1.54, 1.807) is 12.5 Å². The largest absolute Gasteiger partial charge is 0.472 e. The Morgan fingerprint density at radius 1 is 1.06 bits per heavy atom. The summed E-state index contributed by atoms with van der Waals surface area (Å²) in [5, 5.41) is 12.3. The molecule has 0 aliphatic rings. The first kappa shape index (κ1) is 20.7. The van der Waals surface area contributed by atoms with E-state index in [1.165, 1.54) is 11.8 Å². The average molecular weight is 434 g/mol. The summed E-state index contributed by atoms with van der Waals surface area (Å²) in [5.41, 5.74) is 3.87. The number of thioether (sulfide) groups is 1. The number of para-hydroxylation sites is 1. The van der Waals surface area contributed by atoms with Gasteiger partial charge in [-0.25, -0.2) is 0 Å². The average Bonchev–Trinajstić information content (AvgIpc) is 3.43. The smallest absolute Gasteiger partial charge is 0.234 e. The molecule has 1 amide bonds. The molecule has 2 heterocycles. The van der Waals surface area contributed by atoms with E-state index in [0.717, 1.165) is 22.5 Å². The van der Waals surface area contributed by atoms with Crippen LogP contribution in [0.3, 0.4) is 0 Å². The fourth-order valence-electron chi connectivity index (χ4n) is 3.07. The van der Waals surface area contributed by atoms with E-state index in [0.29, 0.717) is 17.5 Å². The lowest BCUT2D eigenvalue weighted by Gasteiger charge is -2.14. The van der Waals surface area contributed by atoms with Gasteiger partial charge >= 0.3 is 0 Å². The highest BCUT2D eigenvalue weighted by Crippen LogP contribution is 2.26. The number of amides is 1. The van der Waals surface area contributed by atoms with Crippen LogP contribution in [0.2, 0.25) is 0 Å². The van der Waals surface area contributed by atoms with Crippen LogP contribution in [0.4, 0.5) is 11.4 Å². The molecule has 0 aliphatic carbocycles. The Morgan fingerprint density at radius 2 is 1.84 bits per heavy atom. The van der Waals surface area contributed by atoms with Crippen LogP contribution in [0.1, 0.15) is 5.56 Å². The maximum absolute atomic E-state index is 12.4. The van der Waals surface area contributed by atoms with E-state index < -0.39 is 0 Å². The highest BCUT2D eigenvalue weighted by atomic mass is 32.2. The SMILES string of the molecule is CN(C)c1ccc(Cn2c(SCC(=O)Nc3ccccc3)nnc2-c2ccoc2)cc1. The van der Waals surface area contributed by atoms with Crippen molar-refractivity contribution in [2.45, 2.75) is 11.7 Å². The lowest BCUT2D eigenvalue weighted by molar-refractivity contribution is -0.113. The predicted molar refractivity (Wildman–Crippen MR) is 123 cm³/mol. The van der Waals surface area contributed by atoms with Crippen LogP contribution in [0.5, 0.6) is 0 Å². The maximum Gasteiger partial charge on any atom is 0.234 e. The Hall–Kier alpha value is -3.52. The van der Waals surface area contributed by atoms with Gasteiger partial charge in [0.15, 0.2) is 11.0 Å². The molecule has 2 aromatic heterocycles. The van der Waals surface area contributed by atoms with E-state index in [1.807, 2.05) is 55.1 Å². The van der Waals surface area contributed by atoms with Gasteiger partial charge in [-0.3, -0.25) is 9.36 Å². The Labute approximate surface area is 185 Å². The molecule has 7 nitrogen and oxygen atoms in total. The molecule has 0 fully saturated rings. The number of rotatable bonds is 8. The molecule has 1 N–H and O–H groups in total. The number of carbonyl (C=O) groups excluding carboxylic acids is 1. The van der Waals surface area contributed by atoms with Gasteiger partial charge in [0.2, 0.25) is 5.91 Å². The third-order valence-electron chi connectivity index (χ3n) is 4.68. The molecule has 4 rings (SSSR count). The van der Waals surface area contributed by atoms with Crippen molar-refractivity contribution in [3.63, 3.8) is 0 Å². The van der Waals surface area contributed by atoms with Gasteiger partial charge in [-0.05, 0) is 35.9 Å². The summed E-state index contributed by atoms with van der Waals surface area (Å²) in [6.07, 6.45) is 3.26. The minimum absolute atomic E-state index is 0.0917. The standard InChI is InChI=1S/C23H23N5O2S/c1-27(2)20-10-8-17(9-11-20)14-28-22(18-12-13-30-15-18)25-26-23(28)31-16-21(29)24-19-6-4-3-5-7-19/h3-13,15H,14,16H2,1-2H3,(H,24,29). The lowest BCUT2D eigenvalue weighted by Crippen LogP contribution is -2.14.